The number of fused-ring (bicyclic) bond motifs is 1. The van der Waals surface area contributed by atoms with Crippen LogP contribution in [-0.2, 0) is 6.42 Å². The number of pyridine rings is 1. The van der Waals surface area contributed by atoms with Gasteiger partial charge in [0.1, 0.15) is 5.52 Å². The molecule has 0 unspecified atom stereocenters. The van der Waals surface area contributed by atoms with E-state index in [1.807, 2.05) is 22.8 Å². The van der Waals surface area contributed by atoms with Gasteiger partial charge in [0.05, 0.1) is 5.69 Å². The minimum absolute atomic E-state index is 0.447. The lowest BCUT2D eigenvalue weighted by Gasteiger charge is -2.11. The maximum atomic E-state index is 6.08. The molecular formula is C14H12Br2N4. The third-order valence-corrected chi connectivity index (χ3v) is 4.08. The van der Waals surface area contributed by atoms with E-state index in [9.17, 15) is 0 Å². The molecule has 0 saturated carbocycles. The Morgan fingerprint density at radius 1 is 1.20 bits per heavy atom. The van der Waals surface area contributed by atoms with Crippen molar-refractivity contribution in [1.82, 2.24) is 14.5 Å². The zero-order valence-electron chi connectivity index (χ0n) is 10.8. The van der Waals surface area contributed by atoms with Crippen LogP contribution in [0.25, 0.3) is 16.9 Å². The Bertz CT molecular complexity index is 795. The first-order valence-electron chi connectivity index (χ1n) is 6.18. The molecule has 20 heavy (non-hydrogen) atoms. The summed E-state index contributed by atoms with van der Waals surface area (Å²) >= 11 is 6.90. The van der Waals surface area contributed by atoms with Crippen LogP contribution in [0.1, 0.15) is 12.5 Å². The van der Waals surface area contributed by atoms with Gasteiger partial charge in [-0.25, -0.2) is 9.97 Å². The molecule has 3 rings (SSSR count). The Labute approximate surface area is 133 Å². The van der Waals surface area contributed by atoms with Gasteiger partial charge in [0.25, 0.3) is 0 Å². The highest BCUT2D eigenvalue weighted by atomic mass is 79.9. The van der Waals surface area contributed by atoms with Gasteiger partial charge in [-0.2, -0.15) is 0 Å². The van der Waals surface area contributed by atoms with Gasteiger partial charge >= 0.3 is 0 Å². The molecule has 0 aliphatic heterocycles. The Hall–Kier alpha value is -1.40. The average molecular weight is 396 g/mol. The maximum absolute atomic E-state index is 6.08. The van der Waals surface area contributed by atoms with Crippen molar-refractivity contribution in [1.29, 1.82) is 0 Å². The molecule has 4 nitrogen and oxygen atoms in total. The number of imidazole rings is 1. The topological polar surface area (TPSA) is 56.7 Å². The largest absolute Gasteiger partial charge is 0.369 e. The van der Waals surface area contributed by atoms with E-state index in [4.69, 9.17) is 5.73 Å². The summed E-state index contributed by atoms with van der Waals surface area (Å²) in [5, 5.41) is 0. The van der Waals surface area contributed by atoms with Crippen molar-refractivity contribution >= 4 is 49.0 Å². The number of rotatable bonds is 2. The van der Waals surface area contributed by atoms with E-state index in [1.165, 1.54) is 5.56 Å². The summed E-state index contributed by atoms with van der Waals surface area (Å²) in [6.07, 6.45) is 2.66. The van der Waals surface area contributed by atoms with Crippen molar-refractivity contribution in [3.63, 3.8) is 0 Å². The molecule has 0 amide bonds. The first-order valence-corrected chi connectivity index (χ1v) is 7.77. The standard InChI is InChI=1S/C14H12Br2N4/c1-2-8-5-9(15)3-4-12(8)20-13-11(19-14(20)17)6-10(16)7-18-13/h3-7H,2H2,1H3,(H2,17,19). The van der Waals surface area contributed by atoms with E-state index in [0.29, 0.717) is 5.95 Å². The van der Waals surface area contributed by atoms with Gasteiger partial charge in [-0.3, -0.25) is 4.57 Å². The predicted molar refractivity (Wildman–Crippen MR) is 88.1 cm³/mol. The van der Waals surface area contributed by atoms with Gasteiger partial charge in [-0.15, -0.1) is 0 Å². The highest BCUT2D eigenvalue weighted by Crippen LogP contribution is 2.27. The molecule has 0 aliphatic carbocycles. The Balaban J connectivity index is 2.32. The molecule has 2 N–H and O–H groups in total. The van der Waals surface area contributed by atoms with Crippen LogP contribution in [0.5, 0.6) is 0 Å². The zero-order valence-corrected chi connectivity index (χ0v) is 13.9. The summed E-state index contributed by atoms with van der Waals surface area (Å²) < 4.78 is 3.84. The lowest BCUT2D eigenvalue weighted by Crippen LogP contribution is -2.04. The van der Waals surface area contributed by atoms with Gasteiger partial charge in [0, 0.05) is 15.1 Å². The van der Waals surface area contributed by atoms with Crippen LogP contribution in [0.3, 0.4) is 0 Å². The van der Waals surface area contributed by atoms with Crippen LogP contribution in [0, 0.1) is 0 Å². The monoisotopic (exact) mass is 394 g/mol. The number of benzene rings is 1. The fraction of sp³-hybridized carbons (Fsp3) is 0.143. The molecule has 0 atom stereocenters. The zero-order chi connectivity index (χ0) is 14.3. The van der Waals surface area contributed by atoms with E-state index < -0.39 is 0 Å². The second-order valence-corrected chi connectivity index (χ2v) is 6.26. The second-order valence-electron chi connectivity index (χ2n) is 4.43. The SMILES string of the molecule is CCc1cc(Br)ccc1-n1c(N)nc2cc(Br)cnc21. The van der Waals surface area contributed by atoms with Gasteiger partial charge in [0.15, 0.2) is 5.65 Å². The fourth-order valence-corrected chi connectivity index (χ4v) is 2.98. The van der Waals surface area contributed by atoms with Gasteiger partial charge in [-0.05, 0) is 52.2 Å². The number of halogens is 2. The highest BCUT2D eigenvalue weighted by Gasteiger charge is 2.14. The minimum atomic E-state index is 0.447. The number of nitrogens with two attached hydrogens (primary N) is 1. The number of nitrogens with zero attached hydrogens (tertiary/aromatic N) is 3. The van der Waals surface area contributed by atoms with Crippen LogP contribution < -0.4 is 5.73 Å². The lowest BCUT2D eigenvalue weighted by molar-refractivity contribution is 1.02. The molecule has 0 bridgehead atoms. The summed E-state index contributed by atoms with van der Waals surface area (Å²) in [5.41, 5.74) is 9.84. The van der Waals surface area contributed by atoms with Crippen molar-refractivity contribution in [3.05, 3.63) is 45.0 Å². The Morgan fingerprint density at radius 2 is 2.00 bits per heavy atom. The summed E-state index contributed by atoms with van der Waals surface area (Å²) in [6, 6.07) is 8.04. The summed E-state index contributed by atoms with van der Waals surface area (Å²) in [7, 11) is 0. The fourth-order valence-electron chi connectivity index (χ4n) is 2.25. The molecular weight excluding hydrogens is 384 g/mol. The van der Waals surface area contributed by atoms with E-state index >= 15 is 0 Å². The smallest absolute Gasteiger partial charge is 0.207 e. The van der Waals surface area contributed by atoms with Crippen LogP contribution in [-0.4, -0.2) is 14.5 Å². The van der Waals surface area contributed by atoms with Gasteiger partial charge < -0.3 is 5.73 Å². The predicted octanol–water partition coefficient (Wildman–Crippen LogP) is 4.09. The lowest BCUT2D eigenvalue weighted by atomic mass is 10.1. The van der Waals surface area contributed by atoms with Crippen molar-refractivity contribution < 1.29 is 0 Å². The molecule has 0 spiro atoms. The number of anilines is 1. The molecule has 1 aromatic carbocycles. The van der Waals surface area contributed by atoms with Crippen LogP contribution in [0.2, 0.25) is 0 Å². The summed E-state index contributed by atoms with van der Waals surface area (Å²) in [6.45, 7) is 2.12. The molecule has 3 aromatic rings. The molecule has 0 aliphatic rings. The third-order valence-electron chi connectivity index (χ3n) is 3.15. The van der Waals surface area contributed by atoms with Crippen molar-refractivity contribution in [3.8, 4) is 5.69 Å². The third kappa shape index (κ3) is 2.23. The number of hydrogen-bond donors (Lipinski definition) is 1. The van der Waals surface area contributed by atoms with Gasteiger partial charge in [-0.1, -0.05) is 22.9 Å². The van der Waals surface area contributed by atoms with E-state index in [1.54, 1.807) is 6.20 Å². The van der Waals surface area contributed by atoms with Gasteiger partial charge in [0.2, 0.25) is 5.95 Å². The van der Waals surface area contributed by atoms with Crippen molar-refractivity contribution in [2.75, 3.05) is 5.73 Å². The molecule has 0 saturated heterocycles. The second kappa shape index (κ2) is 5.18. The molecule has 2 heterocycles. The summed E-state index contributed by atoms with van der Waals surface area (Å²) in [5.74, 6) is 0.447. The maximum Gasteiger partial charge on any atom is 0.207 e. The van der Waals surface area contributed by atoms with Crippen LogP contribution in [0.4, 0.5) is 5.95 Å². The number of aryl methyl sites for hydroxylation is 1. The number of nitrogen functional groups attached to an aromatic ring is 1. The molecule has 102 valence electrons. The molecule has 6 heteroatoms. The first kappa shape index (κ1) is 13.6. The quantitative estimate of drug-likeness (QED) is 0.710. The van der Waals surface area contributed by atoms with Crippen LogP contribution >= 0.6 is 31.9 Å². The number of hydrogen-bond acceptors (Lipinski definition) is 3. The van der Waals surface area contributed by atoms with E-state index in [-0.39, 0.29) is 0 Å². The van der Waals surface area contributed by atoms with E-state index in [2.05, 4.69) is 54.8 Å². The molecule has 0 radical (unpaired) electrons. The molecule has 0 fully saturated rings. The normalized spacial score (nSPS) is 11.2. The molecule has 2 aromatic heterocycles. The van der Waals surface area contributed by atoms with Crippen LogP contribution in [0.15, 0.2) is 39.4 Å². The minimum Gasteiger partial charge on any atom is -0.369 e. The first-order chi connectivity index (χ1) is 9.60. The van der Waals surface area contributed by atoms with Crippen molar-refractivity contribution in [2.24, 2.45) is 0 Å². The van der Waals surface area contributed by atoms with Crippen molar-refractivity contribution in [2.45, 2.75) is 13.3 Å². The highest BCUT2D eigenvalue weighted by molar-refractivity contribution is 9.10. The Kier molecular flexibility index (Phi) is 3.52. The Morgan fingerprint density at radius 3 is 2.75 bits per heavy atom. The number of aromatic nitrogens is 3. The summed E-state index contributed by atoms with van der Waals surface area (Å²) in [4.78, 5) is 8.82. The average Bonchev–Trinajstić information content (AvgIpc) is 2.73. The van der Waals surface area contributed by atoms with E-state index in [0.717, 1.165) is 32.2 Å².